The smallest absolute Gasteiger partial charge is 0.359 e. The van der Waals surface area contributed by atoms with Gasteiger partial charge in [-0.15, -0.1) is 0 Å². The number of rotatable bonds is 9. The summed E-state index contributed by atoms with van der Waals surface area (Å²) in [6.07, 6.45) is 7.50. The molecule has 270 valence electrons. The number of aromatic carboxylic acids is 2. The summed E-state index contributed by atoms with van der Waals surface area (Å²) in [5, 5.41) is 37.1. The van der Waals surface area contributed by atoms with E-state index in [2.05, 4.69) is 54.5 Å². The number of benzene rings is 2. The van der Waals surface area contributed by atoms with Crippen molar-refractivity contribution in [3.05, 3.63) is 58.9 Å². The Morgan fingerprint density at radius 2 is 1.17 bits per heavy atom. The number of nitrogens with one attached hydrogen (secondary N) is 2. The standard InChI is InChI=1S/C34H32N6O10S2/c1-51(45,46)27-14-13-25(49-31-29(33(41)42)35-39-37-31)17-24(27)10-6-20-5-9-23(16-20)22-8-4-19(15-22)3-7-21-11-12-26(18-28(21)52(2,47)48)50-32-30(34(43)44)36-40-38-32/h11-14,17-20,22-23H,4-5,8-9,15-16H2,1-2H3,(H,41,42)(H,43,44)(H,35,37,39)(H,36,38,40). The van der Waals surface area contributed by atoms with Gasteiger partial charge in [-0.2, -0.15) is 0 Å². The van der Waals surface area contributed by atoms with Crippen LogP contribution < -0.4 is 9.47 Å². The average molecular weight is 749 g/mol. The molecule has 0 spiro atoms. The largest absolute Gasteiger partial charge is 0.476 e. The number of carboxylic acids is 2. The minimum atomic E-state index is -3.72. The number of aromatic nitrogens is 6. The van der Waals surface area contributed by atoms with Crippen molar-refractivity contribution in [1.82, 2.24) is 30.8 Å². The lowest BCUT2D eigenvalue weighted by atomic mass is 9.88. The first kappa shape index (κ1) is 36.1. The number of nitrogens with zero attached hydrogens (tertiary/aromatic N) is 4. The molecule has 2 aliphatic rings. The molecule has 4 unspecified atom stereocenters. The lowest BCUT2D eigenvalue weighted by molar-refractivity contribution is 0.0676. The number of aromatic amines is 2. The summed E-state index contributed by atoms with van der Waals surface area (Å²) in [5.41, 5.74) is -0.185. The van der Waals surface area contributed by atoms with Crippen molar-refractivity contribution in [3.63, 3.8) is 0 Å². The van der Waals surface area contributed by atoms with Crippen molar-refractivity contribution < 1.29 is 46.1 Å². The first-order valence-electron chi connectivity index (χ1n) is 16.0. The van der Waals surface area contributed by atoms with Crippen LogP contribution in [0.1, 0.15) is 70.6 Å². The highest BCUT2D eigenvalue weighted by atomic mass is 32.2. The predicted molar refractivity (Wildman–Crippen MR) is 181 cm³/mol. The molecule has 4 N–H and O–H groups in total. The Balaban J connectivity index is 1.12. The van der Waals surface area contributed by atoms with Gasteiger partial charge in [-0.05, 0) is 80.7 Å². The maximum absolute atomic E-state index is 12.6. The molecule has 0 amide bonds. The van der Waals surface area contributed by atoms with Gasteiger partial charge < -0.3 is 19.7 Å². The van der Waals surface area contributed by atoms with Crippen LogP contribution in [0.5, 0.6) is 23.3 Å². The third kappa shape index (κ3) is 8.25. The van der Waals surface area contributed by atoms with Gasteiger partial charge in [0, 0.05) is 41.5 Å². The van der Waals surface area contributed by atoms with Gasteiger partial charge in [-0.25, -0.2) is 36.6 Å². The lowest BCUT2D eigenvalue weighted by Crippen LogP contribution is -2.08. The van der Waals surface area contributed by atoms with E-state index in [4.69, 9.17) is 9.47 Å². The van der Waals surface area contributed by atoms with Crippen molar-refractivity contribution in [2.75, 3.05) is 12.5 Å². The number of hydrogen-bond donors (Lipinski definition) is 4. The molecule has 0 radical (unpaired) electrons. The zero-order valence-electron chi connectivity index (χ0n) is 27.8. The quantitative estimate of drug-likeness (QED) is 0.177. The van der Waals surface area contributed by atoms with Crippen LogP contribution in [0.15, 0.2) is 46.2 Å². The van der Waals surface area contributed by atoms with Gasteiger partial charge in [0.1, 0.15) is 11.5 Å². The highest BCUT2D eigenvalue weighted by molar-refractivity contribution is 7.91. The lowest BCUT2D eigenvalue weighted by Gasteiger charge is -2.17. The third-order valence-electron chi connectivity index (χ3n) is 9.03. The van der Waals surface area contributed by atoms with Crippen LogP contribution in [0.25, 0.3) is 0 Å². The van der Waals surface area contributed by atoms with Crippen molar-refractivity contribution in [1.29, 1.82) is 0 Å². The number of ether oxygens (including phenoxy) is 2. The van der Waals surface area contributed by atoms with Gasteiger partial charge in [0.25, 0.3) is 11.8 Å². The highest BCUT2D eigenvalue weighted by Gasteiger charge is 2.35. The molecular formula is C34H32N6O10S2. The van der Waals surface area contributed by atoms with Crippen molar-refractivity contribution >= 4 is 31.6 Å². The summed E-state index contributed by atoms with van der Waals surface area (Å²) in [5.74, 6) is 10.5. The van der Waals surface area contributed by atoms with E-state index in [0.29, 0.717) is 17.4 Å². The Morgan fingerprint density at radius 1 is 0.692 bits per heavy atom. The summed E-state index contributed by atoms with van der Waals surface area (Å²) >= 11 is 0. The van der Waals surface area contributed by atoms with Crippen LogP contribution in [0.3, 0.4) is 0 Å². The molecule has 2 saturated carbocycles. The van der Waals surface area contributed by atoms with E-state index in [0.717, 1.165) is 51.0 Å². The van der Waals surface area contributed by atoms with Gasteiger partial charge in [-0.3, -0.25) is 0 Å². The number of sulfone groups is 2. The minimum Gasteiger partial charge on any atom is -0.476 e. The fraction of sp³-hybridized carbons (Fsp3) is 0.353. The fourth-order valence-electron chi connectivity index (χ4n) is 6.56. The third-order valence-corrected chi connectivity index (χ3v) is 11.3. The topological polar surface area (TPSA) is 244 Å². The summed E-state index contributed by atoms with van der Waals surface area (Å²) in [6.45, 7) is 0. The Morgan fingerprint density at radius 3 is 1.67 bits per heavy atom. The predicted octanol–water partition coefficient (Wildman–Crippen LogP) is 3.95. The van der Waals surface area contributed by atoms with E-state index in [-0.39, 0.29) is 61.8 Å². The van der Waals surface area contributed by atoms with Crippen molar-refractivity contribution in [3.8, 4) is 46.9 Å². The molecule has 2 aromatic carbocycles. The van der Waals surface area contributed by atoms with E-state index in [1.165, 1.54) is 36.4 Å². The van der Waals surface area contributed by atoms with Crippen LogP contribution in [0.4, 0.5) is 0 Å². The number of carboxylic acid groups (broad SMARTS) is 2. The normalized spacial score (nSPS) is 20.0. The average Bonchev–Trinajstić information content (AvgIpc) is 3.90. The molecule has 2 heterocycles. The first-order valence-corrected chi connectivity index (χ1v) is 19.8. The van der Waals surface area contributed by atoms with E-state index in [1.807, 2.05) is 0 Å². The second kappa shape index (κ2) is 14.5. The Kier molecular flexibility index (Phi) is 10.1. The van der Waals surface area contributed by atoms with Crippen LogP contribution >= 0.6 is 0 Å². The molecule has 4 aromatic rings. The Bertz CT molecular complexity index is 2400. The summed E-state index contributed by atoms with van der Waals surface area (Å²) in [6, 6.07) is 8.50. The van der Waals surface area contributed by atoms with Gasteiger partial charge >= 0.3 is 11.9 Å². The molecule has 2 aliphatic carbocycles. The number of hydrogen-bond acceptors (Lipinski definition) is 12. The summed E-state index contributed by atoms with van der Waals surface area (Å²) < 4.78 is 61.4. The maximum Gasteiger partial charge on any atom is 0.359 e. The molecule has 2 aromatic heterocycles. The zero-order valence-corrected chi connectivity index (χ0v) is 29.4. The highest BCUT2D eigenvalue weighted by Crippen LogP contribution is 2.44. The van der Waals surface area contributed by atoms with E-state index in [9.17, 15) is 36.6 Å². The van der Waals surface area contributed by atoms with Crippen molar-refractivity contribution in [2.24, 2.45) is 23.7 Å². The SMILES string of the molecule is CS(=O)(=O)c1ccc(Oc2nn[nH]c2C(=O)O)cc1C#CC1CCC(C2CCC(C#Cc3ccc(Oc4nn[nH]c4C(=O)O)cc3S(C)(=O)=O)C2)C1. The molecule has 0 aliphatic heterocycles. The molecule has 52 heavy (non-hydrogen) atoms. The zero-order chi connectivity index (χ0) is 37.2. The number of carbonyl (C=O) groups is 2. The Hall–Kier alpha value is -5.72. The van der Waals surface area contributed by atoms with Crippen LogP contribution in [0.2, 0.25) is 0 Å². The van der Waals surface area contributed by atoms with Crippen LogP contribution in [0, 0.1) is 47.4 Å². The van der Waals surface area contributed by atoms with Crippen molar-refractivity contribution in [2.45, 2.75) is 48.3 Å². The summed E-state index contributed by atoms with van der Waals surface area (Å²) in [7, 11) is -7.34. The monoisotopic (exact) mass is 748 g/mol. The molecule has 18 heteroatoms. The Labute approximate surface area is 298 Å². The minimum absolute atomic E-state index is 0.0289. The molecule has 2 fully saturated rings. The van der Waals surface area contributed by atoms with Gasteiger partial charge in [0.05, 0.1) is 9.79 Å². The fourth-order valence-corrected chi connectivity index (χ4v) is 8.24. The molecule has 0 bridgehead atoms. The van der Waals surface area contributed by atoms with Gasteiger partial charge in [-0.1, -0.05) is 44.3 Å². The van der Waals surface area contributed by atoms with Gasteiger partial charge in [0.2, 0.25) is 11.4 Å². The van der Waals surface area contributed by atoms with Crippen LogP contribution in [-0.2, 0) is 19.7 Å². The molecule has 4 atom stereocenters. The second-order valence-corrected chi connectivity index (χ2v) is 16.7. The molecule has 6 rings (SSSR count). The number of H-pyrrole nitrogens is 2. The van der Waals surface area contributed by atoms with Crippen LogP contribution in [-0.4, -0.2) is 82.3 Å². The molecule has 16 nitrogen and oxygen atoms in total. The van der Waals surface area contributed by atoms with E-state index < -0.39 is 31.6 Å². The van der Waals surface area contributed by atoms with Gasteiger partial charge in [0.15, 0.2) is 19.7 Å². The first-order chi connectivity index (χ1) is 24.7. The second-order valence-electron chi connectivity index (χ2n) is 12.7. The van der Waals surface area contributed by atoms with E-state index >= 15 is 0 Å². The van der Waals surface area contributed by atoms with E-state index in [1.54, 1.807) is 0 Å². The molecular weight excluding hydrogens is 717 g/mol. The summed E-state index contributed by atoms with van der Waals surface area (Å²) in [4.78, 5) is 22.7. The molecule has 0 saturated heterocycles. The maximum atomic E-state index is 12.6.